The highest BCUT2D eigenvalue weighted by molar-refractivity contribution is 5.82. The van der Waals surface area contributed by atoms with Crippen molar-refractivity contribution >= 4 is 17.5 Å². The van der Waals surface area contributed by atoms with Crippen LogP contribution in [0.25, 0.3) is 0 Å². The summed E-state index contributed by atoms with van der Waals surface area (Å²) < 4.78 is 0. The molecule has 88 valence electrons. The molecule has 0 aliphatic carbocycles. The van der Waals surface area contributed by atoms with Crippen molar-refractivity contribution in [2.75, 3.05) is 24.6 Å². The van der Waals surface area contributed by atoms with E-state index in [2.05, 4.69) is 20.6 Å². The first kappa shape index (κ1) is 12.2. The molecule has 0 bridgehead atoms. The Morgan fingerprint density at radius 1 is 1.50 bits per heavy atom. The Bertz CT molecular complexity index is 377. The minimum absolute atomic E-state index is 0.0307. The largest absolute Gasteiger partial charge is 0.382 e. The number of aromatic nitrogens is 2. The number of carbonyl (C=O) groups excluding carboxylic acids is 1. The van der Waals surface area contributed by atoms with Gasteiger partial charge in [-0.15, -0.1) is 0 Å². The van der Waals surface area contributed by atoms with Crippen LogP contribution in [0.3, 0.4) is 0 Å². The van der Waals surface area contributed by atoms with Crippen LogP contribution >= 0.6 is 0 Å². The van der Waals surface area contributed by atoms with Crippen LogP contribution < -0.4 is 16.4 Å². The molecule has 1 amide bonds. The fourth-order valence-electron chi connectivity index (χ4n) is 1.20. The summed E-state index contributed by atoms with van der Waals surface area (Å²) in [6.45, 7) is 4.15. The molecule has 0 saturated carbocycles. The first-order valence-corrected chi connectivity index (χ1v) is 4.99. The van der Waals surface area contributed by atoms with Crippen molar-refractivity contribution in [3.05, 3.63) is 12.4 Å². The van der Waals surface area contributed by atoms with Gasteiger partial charge in [0.2, 0.25) is 5.91 Å². The number of nitrogen functional groups attached to an aromatic ring is 1. The number of anilines is 2. The maximum atomic E-state index is 11.5. The molecule has 0 unspecified atom stereocenters. The normalized spacial score (nSPS) is 10.9. The number of hydrogen-bond donors (Lipinski definition) is 3. The number of nitrogens with two attached hydrogens (primary N) is 1. The lowest BCUT2D eigenvalue weighted by atomic mass is 9.92. The van der Waals surface area contributed by atoms with Gasteiger partial charge in [-0.2, -0.15) is 0 Å². The van der Waals surface area contributed by atoms with E-state index in [9.17, 15) is 4.79 Å². The summed E-state index contributed by atoms with van der Waals surface area (Å²) in [6, 6.07) is 0. The van der Waals surface area contributed by atoms with Crippen LogP contribution in [-0.4, -0.2) is 29.5 Å². The third kappa shape index (κ3) is 3.08. The van der Waals surface area contributed by atoms with Crippen LogP contribution in [0.4, 0.5) is 11.6 Å². The maximum absolute atomic E-state index is 11.5. The summed E-state index contributed by atoms with van der Waals surface area (Å²) in [4.78, 5) is 19.4. The lowest BCUT2D eigenvalue weighted by Gasteiger charge is -2.22. The monoisotopic (exact) mass is 223 g/mol. The molecule has 1 aromatic heterocycles. The van der Waals surface area contributed by atoms with Gasteiger partial charge in [-0.1, -0.05) is 0 Å². The van der Waals surface area contributed by atoms with Gasteiger partial charge in [0.25, 0.3) is 0 Å². The second kappa shape index (κ2) is 4.78. The lowest BCUT2D eigenvalue weighted by molar-refractivity contribution is -0.128. The molecule has 0 aliphatic heterocycles. The van der Waals surface area contributed by atoms with E-state index in [1.54, 1.807) is 13.2 Å². The van der Waals surface area contributed by atoms with Crippen molar-refractivity contribution in [3.8, 4) is 0 Å². The van der Waals surface area contributed by atoms with Crippen LogP contribution in [0.1, 0.15) is 13.8 Å². The van der Waals surface area contributed by atoms with Gasteiger partial charge in [-0.25, -0.2) is 4.98 Å². The van der Waals surface area contributed by atoms with E-state index < -0.39 is 5.41 Å². The molecule has 0 aliphatic rings. The zero-order chi connectivity index (χ0) is 12.2. The molecule has 6 heteroatoms. The molecule has 0 spiro atoms. The van der Waals surface area contributed by atoms with E-state index in [0.717, 1.165) is 0 Å². The summed E-state index contributed by atoms with van der Waals surface area (Å²) in [5, 5.41) is 5.64. The fourth-order valence-corrected chi connectivity index (χ4v) is 1.20. The fraction of sp³-hybridized carbons (Fsp3) is 0.500. The minimum Gasteiger partial charge on any atom is -0.382 e. The highest BCUT2D eigenvalue weighted by Gasteiger charge is 2.26. The molecule has 1 aromatic rings. The predicted octanol–water partition coefficient (Wildman–Crippen LogP) is 0.243. The molecule has 0 fully saturated rings. The molecule has 4 N–H and O–H groups in total. The first-order chi connectivity index (χ1) is 7.45. The highest BCUT2D eigenvalue weighted by Crippen LogP contribution is 2.16. The average Bonchev–Trinajstić information content (AvgIpc) is 2.25. The zero-order valence-corrected chi connectivity index (χ0v) is 9.74. The summed E-state index contributed by atoms with van der Waals surface area (Å²) in [5.41, 5.74) is 4.98. The summed E-state index contributed by atoms with van der Waals surface area (Å²) in [7, 11) is 1.62. The van der Waals surface area contributed by atoms with Gasteiger partial charge in [0.05, 0.1) is 17.8 Å². The van der Waals surface area contributed by atoms with E-state index in [0.29, 0.717) is 18.2 Å². The summed E-state index contributed by atoms with van der Waals surface area (Å²) in [6.07, 6.45) is 3.03. The van der Waals surface area contributed by atoms with E-state index in [-0.39, 0.29) is 5.91 Å². The van der Waals surface area contributed by atoms with Crippen LogP contribution in [0.5, 0.6) is 0 Å². The molecular formula is C10H17N5O. The van der Waals surface area contributed by atoms with Crippen molar-refractivity contribution in [1.82, 2.24) is 15.3 Å². The van der Waals surface area contributed by atoms with Crippen molar-refractivity contribution in [2.24, 2.45) is 5.41 Å². The number of hydrogen-bond acceptors (Lipinski definition) is 5. The minimum atomic E-state index is -0.513. The smallest absolute Gasteiger partial charge is 0.227 e. The summed E-state index contributed by atoms with van der Waals surface area (Å²) in [5.74, 6) is 0.886. The van der Waals surface area contributed by atoms with E-state index in [1.807, 2.05) is 13.8 Å². The molecule has 1 rings (SSSR count). The Morgan fingerprint density at radius 3 is 2.75 bits per heavy atom. The number of nitrogens with one attached hydrogen (secondary N) is 2. The van der Waals surface area contributed by atoms with Crippen LogP contribution in [-0.2, 0) is 4.79 Å². The van der Waals surface area contributed by atoms with Gasteiger partial charge < -0.3 is 16.4 Å². The lowest BCUT2D eigenvalue weighted by Crippen LogP contribution is -2.39. The third-order valence-corrected chi connectivity index (χ3v) is 2.21. The van der Waals surface area contributed by atoms with Gasteiger partial charge >= 0.3 is 0 Å². The van der Waals surface area contributed by atoms with Gasteiger partial charge in [-0.05, 0) is 13.8 Å². The van der Waals surface area contributed by atoms with Crippen LogP contribution in [0.2, 0.25) is 0 Å². The molecule has 0 saturated heterocycles. The Labute approximate surface area is 94.7 Å². The van der Waals surface area contributed by atoms with Crippen molar-refractivity contribution in [1.29, 1.82) is 0 Å². The number of amides is 1. The van der Waals surface area contributed by atoms with Crippen LogP contribution in [0, 0.1) is 5.41 Å². The number of rotatable bonds is 4. The van der Waals surface area contributed by atoms with Crippen molar-refractivity contribution in [2.45, 2.75) is 13.8 Å². The van der Waals surface area contributed by atoms with E-state index in [4.69, 9.17) is 5.73 Å². The van der Waals surface area contributed by atoms with Crippen LogP contribution in [0.15, 0.2) is 12.4 Å². The number of carbonyl (C=O) groups is 1. The van der Waals surface area contributed by atoms with Gasteiger partial charge in [0.15, 0.2) is 0 Å². The molecule has 6 nitrogen and oxygen atoms in total. The first-order valence-electron chi connectivity index (χ1n) is 4.99. The van der Waals surface area contributed by atoms with Gasteiger partial charge in [0.1, 0.15) is 11.6 Å². The quantitative estimate of drug-likeness (QED) is 0.680. The second-order valence-electron chi connectivity index (χ2n) is 4.15. The van der Waals surface area contributed by atoms with E-state index in [1.165, 1.54) is 6.20 Å². The SMILES string of the molecule is CNC(=O)C(C)(C)CNc1cncc(N)n1. The van der Waals surface area contributed by atoms with Gasteiger partial charge in [-0.3, -0.25) is 9.78 Å². The summed E-state index contributed by atoms with van der Waals surface area (Å²) >= 11 is 0. The topological polar surface area (TPSA) is 92.9 Å². The molecule has 0 atom stereocenters. The Morgan fingerprint density at radius 2 is 2.19 bits per heavy atom. The standard InChI is InChI=1S/C10H17N5O/c1-10(2,9(16)12-3)6-14-8-5-13-4-7(11)15-8/h4-5H,6H2,1-3H3,(H,12,16)(H3,11,14,15). The third-order valence-electron chi connectivity index (χ3n) is 2.21. The second-order valence-corrected chi connectivity index (χ2v) is 4.15. The van der Waals surface area contributed by atoms with E-state index >= 15 is 0 Å². The molecule has 0 aromatic carbocycles. The average molecular weight is 223 g/mol. The molecule has 0 radical (unpaired) electrons. The number of nitrogens with zero attached hydrogens (tertiary/aromatic N) is 2. The Balaban J connectivity index is 2.61. The Hall–Kier alpha value is -1.85. The Kier molecular flexibility index (Phi) is 3.65. The van der Waals surface area contributed by atoms with Gasteiger partial charge in [0, 0.05) is 13.6 Å². The molecule has 16 heavy (non-hydrogen) atoms. The zero-order valence-electron chi connectivity index (χ0n) is 9.74. The molecular weight excluding hydrogens is 206 g/mol. The molecule has 1 heterocycles. The highest BCUT2D eigenvalue weighted by atomic mass is 16.2. The van der Waals surface area contributed by atoms with Crippen molar-refractivity contribution in [3.63, 3.8) is 0 Å². The predicted molar refractivity (Wildman–Crippen MR) is 62.8 cm³/mol. The van der Waals surface area contributed by atoms with Crippen molar-refractivity contribution < 1.29 is 4.79 Å². The maximum Gasteiger partial charge on any atom is 0.227 e.